The highest BCUT2D eigenvalue weighted by atomic mass is 79.9. The van der Waals surface area contributed by atoms with Gasteiger partial charge in [0.15, 0.2) is 11.9 Å². The molecule has 6 rings (SSSR count). The van der Waals surface area contributed by atoms with Crippen LogP contribution in [0.25, 0.3) is 27.7 Å². The van der Waals surface area contributed by atoms with E-state index in [0.29, 0.717) is 41.4 Å². The summed E-state index contributed by atoms with van der Waals surface area (Å²) in [5.74, 6) is 1.16. The third kappa shape index (κ3) is 3.18. The Morgan fingerprint density at radius 3 is 2.94 bits per heavy atom. The summed E-state index contributed by atoms with van der Waals surface area (Å²) < 4.78 is 8.17. The van der Waals surface area contributed by atoms with E-state index in [2.05, 4.69) is 37.0 Å². The number of ether oxygens (including phenoxy) is 1. The van der Waals surface area contributed by atoms with Gasteiger partial charge in [0.25, 0.3) is 0 Å². The van der Waals surface area contributed by atoms with E-state index in [-0.39, 0.29) is 19.0 Å². The monoisotopic (exact) mass is 508 g/mol. The van der Waals surface area contributed by atoms with E-state index < -0.39 is 0 Å². The van der Waals surface area contributed by atoms with Gasteiger partial charge in [-0.15, -0.1) is 0 Å². The van der Waals surface area contributed by atoms with E-state index in [1.807, 2.05) is 30.5 Å². The number of aromatic nitrogens is 4. The minimum atomic E-state index is -0.331. The molecule has 4 aromatic rings. The van der Waals surface area contributed by atoms with Crippen LogP contribution < -0.4 is 10.6 Å². The number of anilines is 2. The zero-order valence-electron chi connectivity index (χ0n) is 17.8. The Kier molecular flexibility index (Phi) is 4.63. The fraction of sp³-hybridized carbons (Fsp3) is 0.273. The number of piperazine rings is 1. The quantitative estimate of drug-likeness (QED) is 0.443. The number of rotatable bonds is 2. The number of hydrogen-bond acceptors (Lipinski definition) is 7. The molecule has 2 saturated heterocycles. The SMILES string of the molecule is CN1COC2CN(c3nc4c(-c5cnc6ccccc6c5)cnn4c(N)c3Br)CCN2C1=O. The number of nitrogens with two attached hydrogens (primary N) is 1. The molecule has 2 aliphatic heterocycles. The molecule has 5 heterocycles. The van der Waals surface area contributed by atoms with Crippen molar-refractivity contribution in [2.75, 3.05) is 44.0 Å². The van der Waals surface area contributed by atoms with Crippen LogP contribution in [0.2, 0.25) is 0 Å². The lowest BCUT2D eigenvalue weighted by Gasteiger charge is -2.46. The van der Waals surface area contributed by atoms with Crippen LogP contribution >= 0.6 is 15.9 Å². The summed E-state index contributed by atoms with van der Waals surface area (Å²) in [6.07, 6.45) is 3.26. The maximum Gasteiger partial charge on any atom is 0.323 e. The molecule has 0 aliphatic carbocycles. The maximum atomic E-state index is 12.4. The first-order valence-corrected chi connectivity index (χ1v) is 11.4. The van der Waals surface area contributed by atoms with E-state index >= 15 is 0 Å². The van der Waals surface area contributed by atoms with Gasteiger partial charge in [-0.25, -0.2) is 9.78 Å². The second-order valence-electron chi connectivity index (χ2n) is 8.22. The van der Waals surface area contributed by atoms with Crippen LogP contribution in [-0.4, -0.2) is 75.1 Å². The lowest BCUT2D eigenvalue weighted by Crippen LogP contribution is -2.63. The van der Waals surface area contributed by atoms with Gasteiger partial charge in [0.05, 0.1) is 18.3 Å². The van der Waals surface area contributed by atoms with Crippen molar-refractivity contribution in [2.24, 2.45) is 0 Å². The number of para-hydroxylation sites is 1. The van der Waals surface area contributed by atoms with Crippen molar-refractivity contribution in [2.45, 2.75) is 6.23 Å². The van der Waals surface area contributed by atoms with Crippen molar-refractivity contribution in [3.63, 3.8) is 0 Å². The summed E-state index contributed by atoms with van der Waals surface area (Å²) in [4.78, 5) is 27.4. The van der Waals surface area contributed by atoms with Crippen molar-refractivity contribution in [3.05, 3.63) is 47.2 Å². The molecule has 1 unspecified atom stereocenters. The molecule has 11 heteroatoms. The van der Waals surface area contributed by atoms with Gasteiger partial charge in [0.1, 0.15) is 22.8 Å². The number of pyridine rings is 1. The number of carbonyl (C=O) groups excluding carboxylic acids is 1. The molecule has 0 radical (unpaired) electrons. The predicted molar refractivity (Wildman–Crippen MR) is 128 cm³/mol. The Morgan fingerprint density at radius 2 is 2.06 bits per heavy atom. The highest BCUT2D eigenvalue weighted by Gasteiger charge is 2.37. The molecular formula is C22H21BrN8O2. The number of nitrogen functional groups attached to an aromatic ring is 1. The van der Waals surface area contributed by atoms with Crippen molar-refractivity contribution in [1.29, 1.82) is 0 Å². The van der Waals surface area contributed by atoms with Crippen LogP contribution in [0, 0.1) is 0 Å². The van der Waals surface area contributed by atoms with E-state index in [4.69, 9.17) is 15.5 Å². The summed E-state index contributed by atoms with van der Waals surface area (Å²) in [6.45, 7) is 1.92. The number of carbonyl (C=O) groups is 1. The molecule has 0 bridgehead atoms. The second-order valence-corrected chi connectivity index (χ2v) is 9.01. The summed E-state index contributed by atoms with van der Waals surface area (Å²) in [5, 5.41) is 5.52. The van der Waals surface area contributed by atoms with Crippen LogP contribution in [0.1, 0.15) is 0 Å². The van der Waals surface area contributed by atoms with Crippen molar-refractivity contribution < 1.29 is 9.53 Å². The maximum absolute atomic E-state index is 12.4. The van der Waals surface area contributed by atoms with Gasteiger partial charge in [-0.3, -0.25) is 9.88 Å². The molecule has 0 saturated carbocycles. The lowest BCUT2D eigenvalue weighted by molar-refractivity contribution is -0.111. The summed E-state index contributed by atoms with van der Waals surface area (Å²) in [6, 6.07) is 10.0. The summed E-state index contributed by atoms with van der Waals surface area (Å²) >= 11 is 3.61. The normalized spacial score (nSPS) is 18.9. The van der Waals surface area contributed by atoms with Gasteiger partial charge in [0, 0.05) is 42.8 Å². The van der Waals surface area contributed by atoms with E-state index in [1.165, 1.54) is 0 Å². The molecule has 3 aromatic heterocycles. The number of amides is 2. The minimum absolute atomic E-state index is 0.0187. The largest absolute Gasteiger partial charge is 0.383 e. The Bertz CT molecular complexity index is 1410. The number of hydrogen-bond donors (Lipinski definition) is 1. The van der Waals surface area contributed by atoms with Gasteiger partial charge in [0.2, 0.25) is 0 Å². The van der Waals surface area contributed by atoms with Crippen molar-refractivity contribution >= 4 is 50.1 Å². The van der Waals surface area contributed by atoms with Crippen LogP contribution in [0.3, 0.4) is 0 Å². The summed E-state index contributed by atoms with van der Waals surface area (Å²) in [7, 11) is 1.74. The standard InChI is InChI=1S/C22H21BrN8O2/c1-28-12-33-17-11-29(6-7-30(17)22(28)32)21-18(23)19(24)31-20(27-21)15(10-26-31)14-8-13-4-2-3-5-16(13)25-9-14/h2-5,8-10,17H,6-7,11-12,24H2,1H3. The van der Waals surface area contributed by atoms with Crippen molar-refractivity contribution in [1.82, 2.24) is 29.4 Å². The molecule has 2 aliphatic rings. The number of benzene rings is 1. The molecule has 1 aromatic carbocycles. The first kappa shape index (κ1) is 20.2. The first-order valence-electron chi connectivity index (χ1n) is 10.6. The number of urea groups is 1. The zero-order valence-corrected chi connectivity index (χ0v) is 19.4. The average molecular weight is 509 g/mol. The first-order chi connectivity index (χ1) is 16.0. The lowest BCUT2D eigenvalue weighted by atomic mass is 10.1. The molecule has 33 heavy (non-hydrogen) atoms. The third-order valence-corrected chi connectivity index (χ3v) is 6.93. The average Bonchev–Trinajstić information content (AvgIpc) is 3.27. The van der Waals surface area contributed by atoms with E-state index in [9.17, 15) is 4.79 Å². The van der Waals surface area contributed by atoms with Crippen LogP contribution in [0.4, 0.5) is 16.4 Å². The Hall–Kier alpha value is -3.44. The topological polar surface area (TPSA) is 105 Å². The summed E-state index contributed by atoms with van der Waals surface area (Å²) in [5.41, 5.74) is 9.78. The molecule has 2 N–H and O–H groups in total. The second kappa shape index (κ2) is 7.56. The van der Waals surface area contributed by atoms with Crippen LogP contribution in [-0.2, 0) is 4.74 Å². The van der Waals surface area contributed by atoms with Gasteiger partial charge < -0.3 is 20.3 Å². The molecular weight excluding hydrogens is 488 g/mol. The van der Waals surface area contributed by atoms with Crippen LogP contribution in [0.5, 0.6) is 0 Å². The third-order valence-electron chi connectivity index (χ3n) is 6.17. The predicted octanol–water partition coefficient (Wildman–Crippen LogP) is 2.78. The highest BCUT2D eigenvalue weighted by Crippen LogP contribution is 2.35. The van der Waals surface area contributed by atoms with Gasteiger partial charge in [-0.1, -0.05) is 18.2 Å². The van der Waals surface area contributed by atoms with Gasteiger partial charge in [-0.05, 0) is 28.1 Å². The van der Waals surface area contributed by atoms with Gasteiger partial charge >= 0.3 is 6.03 Å². The highest BCUT2D eigenvalue weighted by molar-refractivity contribution is 9.10. The van der Waals surface area contributed by atoms with Crippen LogP contribution in [0.15, 0.2) is 47.2 Å². The number of fused-ring (bicyclic) bond motifs is 3. The number of halogens is 1. The zero-order chi connectivity index (χ0) is 22.7. The van der Waals surface area contributed by atoms with E-state index in [1.54, 1.807) is 27.6 Å². The Balaban J connectivity index is 1.41. The fourth-order valence-electron chi connectivity index (χ4n) is 4.39. The molecule has 168 valence electrons. The Morgan fingerprint density at radius 1 is 1.21 bits per heavy atom. The molecule has 1 atom stereocenters. The molecule has 2 fully saturated rings. The fourth-order valence-corrected chi connectivity index (χ4v) is 4.90. The Labute approximate surface area is 197 Å². The van der Waals surface area contributed by atoms with Gasteiger partial charge in [-0.2, -0.15) is 9.61 Å². The minimum Gasteiger partial charge on any atom is -0.383 e. The molecule has 2 amide bonds. The van der Waals surface area contributed by atoms with E-state index in [0.717, 1.165) is 22.0 Å². The van der Waals surface area contributed by atoms with Crippen molar-refractivity contribution in [3.8, 4) is 11.1 Å². The molecule has 0 spiro atoms. The number of nitrogens with zero attached hydrogens (tertiary/aromatic N) is 7. The molecule has 10 nitrogen and oxygen atoms in total. The smallest absolute Gasteiger partial charge is 0.323 e.